The van der Waals surface area contributed by atoms with Gasteiger partial charge in [0.05, 0.1) is 11.7 Å². The lowest BCUT2D eigenvalue weighted by molar-refractivity contribution is 0.548. The minimum atomic E-state index is -0.0639. The predicted octanol–water partition coefficient (Wildman–Crippen LogP) is 5.67. The topological polar surface area (TPSA) is 33.1 Å². The van der Waals surface area contributed by atoms with Crippen molar-refractivity contribution in [2.45, 2.75) is 25.9 Å². The highest BCUT2D eigenvalue weighted by Gasteiger charge is 2.42. The number of pyridine rings is 1. The number of aromatic nitrogens is 2. The van der Waals surface area contributed by atoms with Crippen molar-refractivity contribution in [3.8, 4) is 5.69 Å². The molecule has 1 N–H and O–H groups in total. The molecule has 154 valence electrons. The van der Waals surface area contributed by atoms with E-state index in [2.05, 4.69) is 100 Å². The van der Waals surface area contributed by atoms with Gasteiger partial charge in [-0.3, -0.25) is 4.98 Å². The summed E-state index contributed by atoms with van der Waals surface area (Å²) in [6, 6.07) is 29.3. The average molecular weight is 425 g/mol. The van der Waals surface area contributed by atoms with Crippen molar-refractivity contribution in [1.82, 2.24) is 14.9 Å². The second-order valence-corrected chi connectivity index (χ2v) is 8.29. The molecule has 2 atom stereocenters. The highest BCUT2D eigenvalue weighted by molar-refractivity contribution is 7.80. The van der Waals surface area contributed by atoms with Gasteiger partial charge < -0.3 is 14.8 Å². The van der Waals surface area contributed by atoms with Crippen molar-refractivity contribution in [3.05, 3.63) is 114 Å². The maximum Gasteiger partial charge on any atom is 0.174 e. The minimum Gasteiger partial charge on any atom is -0.351 e. The van der Waals surface area contributed by atoms with E-state index < -0.39 is 0 Å². The van der Waals surface area contributed by atoms with Crippen molar-refractivity contribution in [2.24, 2.45) is 0 Å². The van der Waals surface area contributed by atoms with E-state index in [-0.39, 0.29) is 12.1 Å². The lowest BCUT2D eigenvalue weighted by atomic mass is 10.0. The Kier molecular flexibility index (Phi) is 5.04. The molecular formula is C26H24N4S. The largest absolute Gasteiger partial charge is 0.351 e. The Morgan fingerprint density at radius 3 is 2.35 bits per heavy atom. The van der Waals surface area contributed by atoms with E-state index in [0.29, 0.717) is 5.11 Å². The van der Waals surface area contributed by atoms with Crippen molar-refractivity contribution < 1.29 is 0 Å². The normalized spacial score (nSPS) is 18.3. The van der Waals surface area contributed by atoms with Gasteiger partial charge in [0, 0.05) is 29.0 Å². The van der Waals surface area contributed by atoms with E-state index in [4.69, 9.17) is 12.2 Å². The second kappa shape index (κ2) is 8.00. The number of nitrogens with one attached hydrogen (secondary N) is 1. The van der Waals surface area contributed by atoms with Gasteiger partial charge in [0.25, 0.3) is 0 Å². The van der Waals surface area contributed by atoms with Crippen LogP contribution in [0.5, 0.6) is 0 Å². The van der Waals surface area contributed by atoms with E-state index >= 15 is 0 Å². The van der Waals surface area contributed by atoms with Crippen molar-refractivity contribution >= 4 is 23.0 Å². The van der Waals surface area contributed by atoms with E-state index in [0.717, 1.165) is 17.1 Å². The first-order chi connectivity index (χ1) is 15.1. The summed E-state index contributed by atoms with van der Waals surface area (Å²) in [5.74, 6) is 0. The van der Waals surface area contributed by atoms with Crippen LogP contribution in [0.25, 0.3) is 5.69 Å². The van der Waals surface area contributed by atoms with Crippen LogP contribution in [0.2, 0.25) is 0 Å². The highest BCUT2D eigenvalue weighted by atomic mass is 32.1. The van der Waals surface area contributed by atoms with Crippen molar-refractivity contribution in [2.75, 3.05) is 4.90 Å². The quantitative estimate of drug-likeness (QED) is 0.428. The van der Waals surface area contributed by atoms with Crippen LogP contribution in [-0.2, 0) is 0 Å². The number of hydrogen-bond donors (Lipinski definition) is 1. The van der Waals surface area contributed by atoms with Crippen LogP contribution in [0.4, 0.5) is 5.69 Å². The number of nitrogens with zero attached hydrogens (tertiary/aromatic N) is 3. The van der Waals surface area contributed by atoms with Crippen molar-refractivity contribution in [3.63, 3.8) is 0 Å². The Bertz CT molecular complexity index is 1220. The zero-order chi connectivity index (χ0) is 21.4. The van der Waals surface area contributed by atoms with Gasteiger partial charge in [0.15, 0.2) is 5.11 Å². The molecule has 1 fully saturated rings. The Morgan fingerprint density at radius 2 is 1.61 bits per heavy atom. The van der Waals surface area contributed by atoms with Gasteiger partial charge in [-0.15, -0.1) is 0 Å². The summed E-state index contributed by atoms with van der Waals surface area (Å²) in [6.07, 6.45) is 1.84. The molecule has 0 bridgehead atoms. The number of para-hydroxylation sites is 1. The molecule has 0 spiro atoms. The SMILES string of the molecule is Cc1cccc(N2C(=S)N[C@H](c3ccccn3)[C@H]2c2ccc(C)n2-c2ccccc2)c1. The van der Waals surface area contributed by atoms with Gasteiger partial charge in [-0.1, -0.05) is 36.4 Å². The van der Waals surface area contributed by atoms with Crippen LogP contribution < -0.4 is 10.2 Å². The third kappa shape index (κ3) is 3.51. The number of aryl methyl sites for hydroxylation is 2. The summed E-state index contributed by atoms with van der Waals surface area (Å²) in [5.41, 5.74) is 6.76. The zero-order valence-electron chi connectivity index (χ0n) is 17.6. The van der Waals surface area contributed by atoms with E-state index in [1.54, 1.807) is 0 Å². The van der Waals surface area contributed by atoms with Gasteiger partial charge in [-0.2, -0.15) is 0 Å². The molecule has 4 nitrogen and oxygen atoms in total. The summed E-state index contributed by atoms with van der Waals surface area (Å²) in [4.78, 5) is 6.90. The van der Waals surface area contributed by atoms with Gasteiger partial charge >= 0.3 is 0 Å². The summed E-state index contributed by atoms with van der Waals surface area (Å²) >= 11 is 5.86. The lowest BCUT2D eigenvalue weighted by Crippen LogP contribution is -2.30. The number of hydrogen-bond acceptors (Lipinski definition) is 2. The molecule has 0 saturated carbocycles. The third-order valence-electron chi connectivity index (χ3n) is 5.80. The molecule has 1 aliphatic heterocycles. The summed E-state index contributed by atoms with van der Waals surface area (Å²) < 4.78 is 2.32. The van der Waals surface area contributed by atoms with Gasteiger partial charge in [-0.25, -0.2) is 0 Å². The monoisotopic (exact) mass is 424 g/mol. The molecule has 5 heteroatoms. The number of benzene rings is 2. The predicted molar refractivity (Wildman–Crippen MR) is 130 cm³/mol. The lowest BCUT2D eigenvalue weighted by Gasteiger charge is -2.29. The van der Waals surface area contributed by atoms with E-state index in [1.165, 1.54) is 17.0 Å². The molecule has 0 radical (unpaired) electrons. The van der Waals surface area contributed by atoms with Gasteiger partial charge in [0.2, 0.25) is 0 Å². The third-order valence-corrected chi connectivity index (χ3v) is 6.12. The zero-order valence-corrected chi connectivity index (χ0v) is 18.4. The number of rotatable bonds is 4. The average Bonchev–Trinajstić information content (AvgIpc) is 3.34. The Morgan fingerprint density at radius 1 is 0.839 bits per heavy atom. The Labute approximate surface area is 188 Å². The van der Waals surface area contributed by atoms with Crippen molar-refractivity contribution in [1.29, 1.82) is 0 Å². The molecule has 0 amide bonds. The fraction of sp³-hybridized carbons (Fsp3) is 0.154. The molecule has 1 aliphatic rings. The first-order valence-corrected chi connectivity index (χ1v) is 10.9. The number of anilines is 1. The minimum absolute atomic E-state index is 0.0434. The fourth-order valence-electron chi connectivity index (χ4n) is 4.43. The summed E-state index contributed by atoms with van der Waals surface area (Å²) in [5, 5.41) is 4.27. The molecule has 4 aromatic rings. The van der Waals surface area contributed by atoms with Crippen LogP contribution in [-0.4, -0.2) is 14.7 Å². The molecule has 1 saturated heterocycles. The Hall–Kier alpha value is -3.44. The molecule has 31 heavy (non-hydrogen) atoms. The highest BCUT2D eigenvalue weighted by Crippen LogP contribution is 2.42. The van der Waals surface area contributed by atoms with Gasteiger partial charge in [-0.05, 0) is 80.2 Å². The second-order valence-electron chi connectivity index (χ2n) is 7.91. The molecule has 5 rings (SSSR count). The number of thiocarbonyl (C=S) groups is 1. The maximum absolute atomic E-state index is 5.86. The van der Waals surface area contributed by atoms with Crippen LogP contribution in [0.1, 0.15) is 34.7 Å². The first kappa shape index (κ1) is 19.5. The van der Waals surface area contributed by atoms with Crippen LogP contribution >= 0.6 is 12.2 Å². The van der Waals surface area contributed by atoms with Crippen LogP contribution in [0.3, 0.4) is 0 Å². The van der Waals surface area contributed by atoms with Gasteiger partial charge in [0.1, 0.15) is 6.04 Å². The smallest absolute Gasteiger partial charge is 0.174 e. The molecule has 0 aliphatic carbocycles. The molecule has 3 heterocycles. The molecule has 2 aromatic heterocycles. The van der Waals surface area contributed by atoms with E-state index in [9.17, 15) is 0 Å². The summed E-state index contributed by atoms with van der Waals surface area (Å²) in [7, 11) is 0. The fourth-order valence-corrected chi connectivity index (χ4v) is 4.78. The molecule has 2 aromatic carbocycles. The van der Waals surface area contributed by atoms with E-state index in [1.807, 2.05) is 24.4 Å². The first-order valence-electron chi connectivity index (χ1n) is 10.4. The standard InChI is InChI=1S/C26H24N4S/c1-18-9-8-12-21(17-18)30-25(24(28-26(30)31)22-13-6-7-16-27-22)23-15-14-19(2)29(23)20-10-4-3-5-11-20/h3-17,24-25H,1-2H3,(H,28,31)/t24-,25-/m1/s1. The van der Waals surface area contributed by atoms with Crippen LogP contribution in [0, 0.1) is 13.8 Å². The Balaban J connectivity index is 1.71. The summed E-state index contributed by atoms with van der Waals surface area (Å²) in [6.45, 7) is 4.25. The molecule has 0 unspecified atom stereocenters. The maximum atomic E-state index is 5.86. The molecular weight excluding hydrogens is 400 g/mol. The van der Waals surface area contributed by atoms with Crippen LogP contribution in [0.15, 0.2) is 91.1 Å².